The Kier molecular flexibility index (Phi) is 8.46. The van der Waals surface area contributed by atoms with Crippen molar-refractivity contribution in [3.8, 4) is 11.5 Å². The Morgan fingerprint density at radius 1 is 1.15 bits per heavy atom. The number of aryl methyl sites for hydroxylation is 2. The van der Waals surface area contributed by atoms with Gasteiger partial charge in [0, 0.05) is 25.7 Å². The van der Waals surface area contributed by atoms with Crippen LogP contribution in [0.25, 0.3) is 0 Å². The molecular weight excluding hydrogens is 508 g/mol. The number of nitro benzene ring substituents is 1. The van der Waals surface area contributed by atoms with Crippen molar-refractivity contribution < 1.29 is 23.9 Å². The van der Waals surface area contributed by atoms with Gasteiger partial charge in [-0.2, -0.15) is 20.1 Å². The van der Waals surface area contributed by atoms with Crippen molar-refractivity contribution in [2.75, 3.05) is 49.1 Å². The average Bonchev–Trinajstić information content (AvgIpc) is 2.91. The summed E-state index contributed by atoms with van der Waals surface area (Å²) in [6, 6.07) is 8.79. The van der Waals surface area contributed by atoms with E-state index in [1.807, 2.05) is 36.9 Å². The SMILES string of the molecule is COc1c(OC(C)=O)ccc(/C=N\Nc2nc(Nc3cc(C)ccc3C)nc(N3CCOCC3)n2)c1[N+](=O)[O-]. The Hall–Kier alpha value is -4.85. The second-order valence-corrected chi connectivity index (χ2v) is 8.58. The Morgan fingerprint density at radius 2 is 1.90 bits per heavy atom. The Balaban J connectivity index is 1.65. The van der Waals surface area contributed by atoms with Gasteiger partial charge in [-0.25, -0.2) is 5.43 Å². The number of hydrogen-bond donors (Lipinski definition) is 2. The number of morpholine rings is 1. The smallest absolute Gasteiger partial charge is 0.323 e. The first-order chi connectivity index (χ1) is 18.7. The van der Waals surface area contributed by atoms with Crippen molar-refractivity contribution in [1.82, 2.24) is 15.0 Å². The molecule has 0 saturated carbocycles. The quantitative estimate of drug-likeness (QED) is 0.135. The topological polar surface area (TPSA) is 166 Å². The maximum Gasteiger partial charge on any atom is 0.323 e. The van der Waals surface area contributed by atoms with Gasteiger partial charge in [-0.05, 0) is 43.2 Å². The molecule has 3 aromatic rings. The number of nitrogens with one attached hydrogen (secondary N) is 2. The minimum Gasteiger partial charge on any atom is -0.488 e. The summed E-state index contributed by atoms with van der Waals surface area (Å²) in [6.07, 6.45) is 1.23. The second kappa shape index (κ2) is 12.1. The molecule has 0 radical (unpaired) electrons. The van der Waals surface area contributed by atoms with Crippen molar-refractivity contribution in [3.05, 3.63) is 57.1 Å². The highest BCUT2D eigenvalue weighted by Gasteiger charge is 2.25. The summed E-state index contributed by atoms with van der Waals surface area (Å²) < 4.78 is 15.6. The number of ether oxygens (including phenoxy) is 3. The van der Waals surface area contributed by atoms with Crippen LogP contribution in [0.4, 0.5) is 29.2 Å². The van der Waals surface area contributed by atoms with E-state index in [0.717, 1.165) is 16.8 Å². The zero-order valence-corrected chi connectivity index (χ0v) is 21.9. The summed E-state index contributed by atoms with van der Waals surface area (Å²) >= 11 is 0. The summed E-state index contributed by atoms with van der Waals surface area (Å²) in [5.74, 6) is -0.0532. The number of benzene rings is 2. The molecular formula is C25H28N8O6. The number of rotatable bonds is 9. The summed E-state index contributed by atoms with van der Waals surface area (Å²) in [5.41, 5.74) is 5.36. The van der Waals surface area contributed by atoms with Crippen molar-refractivity contribution >= 4 is 41.4 Å². The van der Waals surface area contributed by atoms with E-state index in [0.29, 0.717) is 38.2 Å². The van der Waals surface area contributed by atoms with Crippen LogP contribution in [0.2, 0.25) is 0 Å². The predicted molar refractivity (Wildman–Crippen MR) is 144 cm³/mol. The number of hydrogen-bond acceptors (Lipinski definition) is 13. The molecule has 0 atom stereocenters. The molecule has 2 N–H and O–H groups in total. The lowest BCUT2D eigenvalue weighted by atomic mass is 10.1. The average molecular weight is 537 g/mol. The summed E-state index contributed by atoms with van der Waals surface area (Å²) in [7, 11) is 1.25. The third-order valence-electron chi connectivity index (χ3n) is 5.69. The highest BCUT2D eigenvalue weighted by atomic mass is 16.6. The van der Waals surface area contributed by atoms with Gasteiger partial charge in [-0.3, -0.25) is 14.9 Å². The highest BCUT2D eigenvalue weighted by Crippen LogP contribution is 2.39. The first kappa shape index (κ1) is 27.2. The Bertz CT molecular complexity index is 1410. The summed E-state index contributed by atoms with van der Waals surface area (Å²) in [4.78, 5) is 38.0. The molecule has 1 aliphatic rings. The van der Waals surface area contributed by atoms with Gasteiger partial charge in [0.05, 0.1) is 37.0 Å². The fourth-order valence-electron chi connectivity index (χ4n) is 3.82. The van der Waals surface area contributed by atoms with E-state index in [4.69, 9.17) is 14.2 Å². The maximum atomic E-state index is 11.8. The molecule has 1 aromatic heterocycles. The number of hydrazone groups is 1. The number of carbonyl (C=O) groups excluding carboxylic acids is 1. The minimum atomic E-state index is -0.640. The molecule has 204 valence electrons. The molecule has 14 nitrogen and oxygen atoms in total. The second-order valence-electron chi connectivity index (χ2n) is 8.58. The fourth-order valence-corrected chi connectivity index (χ4v) is 3.82. The van der Waals surface area contributed by atoms with E-state index >= 15 is 0 Å². The Labute approximate surface area is 224 Å². The lowest BCUT2D eigenvalue weighted by molar-refractivity contribution is -0.385. The first-order valence-corrected chi connectivity index (χ1v) is 12.0. The lowest BCUT2D eigenvalue weighted by Gasteiger charge is -2.27. The molecule has 0 spiro atoms. The van der Waals surface area contributed by atoms with Gasteiger partial charge in [0.2, 0.25) is 23.6 Å². The van der Waals surface area contributed by atoms with E-state index in [2.05, 4.69) is 30.8 Å². The van der Waals surface area contributed by atoms with Gasteiger partial charge in [0.1, 0.15) is 0 Å². The van der Waals surface area contributed by atoms with Crippen LogP contribution in [0.1, 0.15) is 23.6 Å². The van der Waals surface area contributed by atoms with Crippen LogP contribution in [-0.4, -0.2) is 65.5 Å². The molecule has 14 heteroatoms. The number of anilines is 4. The summed E-state index contributed by atoms with van der Waals surface area (Å²) in [5, 5.41) is 19.2. The van der Waals surface area contributed by atoms with Crippen molar-refractivity contribution in [2.24, 2.45) is 5.10 Å². The molecule has 4 rings (SSSR count). The van der Waals surface area contributed by atoms with Crippen molar-refractivity contribution in [1.29, 1.82) is 0 Å². The zero-order valence-electron chi connectivity index (χ0n) is 21.9. The van der Waals surface area contributed by atoms with Gasteiger partial charge in [0.15, 0.2) is 5.75 Å². The van der Waals surface area contributed by atoms with Crippen LogP contribution in [0, 0.1) is 24.0 Å². The van der Waals surface area contributed by atoms with Gasteiger partial charge in [-0.1, -0.05) is 12.1 Å². The first-order valence-electron chi connectivity index (χ1n) is 12.0. The van der Waals surface area contributed by atoms with Crippen LogP contribution in [-0.2, 0) is 9.53 Å². The summed E-state index contributed by atoms with van der Waals surface area (Å²) in [6.45, 7) is 7.46. The maximum absolute atomic E-state index is 11.8. The van der Waals surface area contributed by atoms with Crippen LogP contribution in [0.15, 0.2) is 35.4 Å². The fraction of sp³-hybridized carbons (Fsp3) is 0.320. The Morgan fingerprint density at radius 3 is 2.59 bits per heavy atom. The zero-order chi connectivity index (χ0) is 27.9. The normalized spacial score (nSPS) is 13.3. The minimum absolute atomic E-state index is 0.0726. The molecule has 0 unspecified atom stereocenters. The van der Waals surface area contributed by atoms with Gasteiger partial charge in [0.25, 0.3) is 0 Å². The third-order valence-corrected chi connectivity index (χ3v) is 5.69. The van der Waals surface area contributed by atoms with E-state index < -0.39 is 16.6 Å². The number of aromatic nitrogens is 3. The van der Waals surface area contributed by atoms with Crippen LogP contribution < -0.4 is 25.1 Å². The molecule has 0 bridgehead atoms. The van der Waals surface area contributed by atoms with Gasteiger partial charge < -0.3 is 24.4 Å². The number of nitrogens with zero attached hydrogens (tertiary/aromatic N) is 6. The number of methoxy groups -OCH3 is 1. The van der Waals surface area contributed by atoms with Crippen LogP contribution in [0.3, 0.4) is 0 Å². The molecule has 0 amide bonds. The van der Waals surface area contributed by atoms with E-state index in [-0.39, 0.29) is 23.0 Å². The van der Waals surface area contributed by atoms with Gasteiger partial charge >= 0.3 is 11.7 Å². The van der Waals surface area contributed by atoms with E-state index in [1.165, 1.54) is 32.4 Å². The highest BCUT2D eigenvalue weighted by molar-refractivity contribution is 5.89. The molecule has 1 aliphatic heterocycles. The molecule has 1 fully saturated rings. The number of carbonyl (C=O) groups is 1. The monoisotopic (exact) mass is 536 g/mol. The molecule has 39 heavy (non-hydrogen) atoms. The predicted octanol–water partition coefficient (Wildman–Crippen LogP) is 3.36. The van der Waals surface area contributed by atoms with E-state index in [1.54, 1.807) is 0 Å². The van der Waals surface area contributed by atoms with Gasteiger partial charge in [-0.15, -0.1) is 0 Å². The van der Waals surface area contributed by atoms with Crippen LogP contribution >= 0.6 is 0 Å². The molecule has 0 aliphatic carbocycles. The molecule has 2 heterocycles. The number of nitro groups is 1. The third kappa shape index (κ3) is 6.73. The van der Waals surface area contributed by atoms with Crippen molar-refractivity contribution in [3.63, 3.8) is 0 Å². The molecule has 2 aromatic carbocycles. The van der Waals surface area contributed by atoms with Crippen molar-refractivity contribution in [2.45, 2.75) is 20.8 Å². The van der Waals surface area contributed by atoms with E-state index in [9.17, 15) is 14.9 Å². The molecule has 1 saturated heterocycles. The van der Waals surface area contributed by atoms with Crippen LogP contribution in [0.5, 0.6) is 11.5 Å². The largest absolute Gasteiger partial charge is 0.488 e. The lowest BCUT2D eigenvalue weighted by Crippen LogP contribution is -2.37. The number of esters is 1. The standard InChI is InChI=1S/C25H28N8O6/c1-15-5-6-16(2)19(13-15)27-23-28-24(30-25(29-23)32-9-11-38-12-10-32)31-26-14-18-7-8-20(39-17(3)34)22(37-4)21(18)33(35)36/h5-8,13-14H,9-12H2,1-4H3,(H2,27,28,29,30,31)/b26-14-.